The molecule has 1 atom stereocenters. The van der Waals surface area contributed by atoms with Gasteiger partial charge in [0.1, 0.15) is 5.75 Å². The Hall–Kier alpha value is -2.05. The molecule has 0 radical (unpaired) electrons. The molecule has 4 nitrogen and oxygen atoms in total. The van der Waals surface area contributed by atoms with E-state index in [0.717, 1.165) is 5.01 Å². The number of nitrogens with zero attached hydrogens (tertiary/aromatic N) is 2. The number of hydrazone groups is 1. The molecule has 2 rings (SSSR count). The Kier molecular flexibility index (Phi) is 3.21. The van der Waals surface area contributed by atoms with E-state index >= 15 is 0 Å². The Morgan fingerprint density at radius 3 is 2.58 bits per heavy atom. The van der Waals surface area contributed by atoms with Crippen LogP contribution in [0.5, 0.6) is 5.75 Å². The van der Waals surface area contributed by atoms with Crippen molar-refractivity contribution < 1.29 is 22.7 Å². The lowest BCUT2D eigenvalue weighted by molar-refractivity contribution is -0.120. The number of alkyl halides is 3. The van der Waals surface area contributed by atoms with Crippen molar-refractivity contribution in [2.24, 2.45) is 11.0 Å². The molecular weight excluding hydrogens is 261 g/mol. The largest absolute Gasteiger partial charge is 0.497 e. The highest BCUT2D eigenvalue weighted by molar-refractivity contribution is 6.17. The van der Waals surface area contributed by atoms with Gasteiger partial charge in [-0.05, 0) is 19.1 Å². The molecule has 1 aromatic carbocycles. The minimum Gasteiger partial charge on any atom is -0.497 e. The number of anilines is 1. The monoisotopic (exact) mass is 272 g/mol. The Morgan fingerprint density at radius 1 is 1.37 bits per heavy atom. The number of halogens is 3. The number of ether oxygens (including phenoxy) is 1. The molecule has 1 heterocycles. The fourth-order valence-electron chi connectivity index (χ4n) is 1.77. The molecule has 0 saturated heterocycles. The van der Waals surface area contributed by atoms with Crippen molar-refractivity contribution in [1.29, 1.82) is 0 Å². The molecule has 0 saturated carbocycles. The molecule has 0 spiro atoms. The molecule has 102 valence electrons. The third kappa shape index (κ3) is 2.40. The summed E-state index contributed by atoms with van der Waals surface area (Å²) in [7, 11) is 1.43. The van der Waals surface area contributed by atoms with Crippen LogP contribution in [0.1, 0.15) is 6.92 Å². The lowest BCUT2D eigenvalue weighted by Gasteiger charge is -2.13. The molecule has 19 heavy (non-hydrogen) atoms. The van der Waals surface area contributed by atoms with E-state index in [1.54, 1.807) is 12.1 Å². The molecule has 7 heteroatoms. The first kappa shape index (κ1) is 13.4. The van der Waals surface area contributed by atoms with Crippen molar-refractivity contribution in [3.8, 4) is 5.75 Å². The summed E-state index contributed by atoms with van der Waals surface area (Å²) in [5.74, 6) is -1.57. The highest BCUT2D eigenvalue weighted by atomic mass is 19.4. The quantitative estimate of drug-likeness (QED) is 0.830. The van der Waals surface area contributed by atoms with Gasteiger partial charge in [-0.1, -0.05) is 6.07 Å². The van der Waals surface area contributed by atoms with Gasteiger partial charge in [-0.25, -0.2) is 0 Å². The molecule has 0 N–H and O–H groups in total. The lowest BCUT2D eigenvalue weighted by atomic mass is 10.1. The number of rotatable bonds is 2. The predicted molar refractivity (Wildman–Crippen MR) is 63.1 cm³/mol. The maximum atomic E-state index is 12.7. The van der Waals surface area contributed by atoms with E-state index in [1.165, 1.54) is 26.2 Å². The Balaban J connectivity index is 2.40. The first-order valence-corrected chi connectivity index (χ1v) is 5.48. The Bertz CT molecular complexity index is 540. The van der Waals surface area contributed by atoms with Crippen LogP contribution in [0.15, 0.2) is 29.4 Å². The summed E-state index contributed by atoms with van der Waals surface area (Å²) in [4.78, 5) is 11.8. The summed E-state index contributed by atoms with van der Waals surface area (Å²) >= 11 is 0. The molecule has 0 fully saturated rings. The maximum absolute atomic E-state index is 12.7. The molecular formula is C12H11F3N2O2. The second-order valence-corrected chi connectivity index (χ2v) is 4.06. The van der Waals surface area contributed by atoms with E-state index in [4.69, 9.17) is 4.74 Å². The average molecular weight is 272 g/mol. The van der Waals surface area contributed by atoms with Crippen LogP contribution < -0.4 is 9.75 Å². The van der Waals surface area contributed by atoms with Crippen LogP contribution in [0, 0.1) is 5.92 Å². The Morgan fingerprint density at radius 2 is 2.05 bits per heavy atom. The number of amides is 1. The van der Waals surface area contributed by atoms with Crippen molar-refractivity contribution in [2.75, 3.05) is 12.1 Å². The minimum atomic E-state index is -4.61. The minimum absolute atomic E-state index is 0.246. The van der Waals surface area contributed by atoms with Crippen LogP contribution in [-0.4, -0.2) is 24.9 Å². The number of methoxy groups -OCH3 is 1. The van der Waals surface area contributed by atoms with E-state index in [1.807, 2.05) is 0 Å². The SMILES string of the molecule is COc1cccc(N2N=C(C(F)(F)F)C(C)C2=O)c1. The zero-order chi connectivity index (χ0) is 14.2. The third-order valence-corrected chi connectivity index (χ3v) is 2.79. The van der Waals surface area contributed by atoms with Crippen molar-refractivity contribution >= 4 is 17.3 Å². The highest BCUT2D eigenvalue weighted by Crippen LogP contribution is 2.32. The van der Waals surface area contributed by atoms with Gasteiger partial charge < -0.3 is 4.74 Å². The number of carbonyl (C=O) groups excluding carboxylic acids is 1. The fourth-order valence-corrected chi connectivity index (χ4v) is 1.77. The lowest BCUT2D eigenvalue weighted by Crippen LogP contribution is -2.31. The summed E-state index contributed by atoms with van der Waals surface area (Å²) in [6.45, 7) is 1.19. The molecule has 1 amide bonds. The second-order valence-electron chi connectivity index (χ2n) is 4.06. The first-order chi connectivity index (χ1) is 8.84. The van der Waals surface area contributed by atoms with Crippen LogP contribution in [0.4, 0.5) is 18.9 Å². The summed E-state index contributed by atoms with van der Waals surface area (Å²) < 4.78 is 43.0. The fraction of sp³-hybridized carbons (Fsp3) is 0.333. The number of hydrogen-bond acceptors (Lipinski definition) is 3. The normalized spacial score (nSPS) is 19.6. The second kappa shape index (κ2) is 4.56. The number of benzene rings is 1. The van der Waals surface area contributed by atoms with Gasteiger partial charge in [0.25, 0.3) is 5.91 Å². The van der Waals surface area contributed by atoms with E-state index in [0.29, 0.717) is 5.75 Å². The van der Waals surface area contributed by atoms with Crippen molar-refractivity contribution in [3.05, 3.63) is 24.3 Å². The van der Waals surface area contributed by atoms with Crippen LogP contribution in [0.2, 0.25) is 0 Å². The van der Waals surface area contributed by atoms with Gasteiger partial charge in [0.2, 0.25) is 0 Å². The number of carbonyl (C=O) groups is 1. The van der Waals surface area contributed by atoms with Gasteiger partial charge in [-0.15, -0.1) is 0 Å². The molecule has 1 aromatic rings. The standard InChI is InChI=1S/C12H11F3N2O2/c1-7-10(12(13,14)15)16-17(11(7)18)8-4-3-5-9(6-8)19-2/h3-7H,1-2H3. The smallest absolute Gasteiger partial charge is 0.432 e. The highest BCUT2D eigenvalue weighted by Gasteiger charge is 2.48. The van der Waals surface area contributed by atoms with Gasteiger partial charge in [0, 0.05) is 6.07 Å². The molecule has 0 aliphatic carbocycles. The van der Waals surface area contributed by atoms with E-state index in [2.05, 4.69) is 5.10 Å². The van der Waals surface area contributed by atoms with Gasteiger partial charge in [-0.2, -0.15) is 23.3 Å². The van der Waals surface area contributed by atoms with Crippen molar-refractivity contribution in [1.82, 2.24) is 0 Å². The van der Waals surface area contributed by atoms with E-state index in [9.17, 15) is 18.0 Å². The predicted octanol–water partition coefficient (Wildman–Crippen LogP) is 2.60. The van der Waals surface area contributed by atoms with Crippen molar-refractivity contribution in [3.63, 3.8) is 0 Å². The van der Waals surface area contributed by atoms with Gasteiger partial charge >= 0.3 is 6.18 Å². The maximum Gasteiger partial charge on any atom is 0.432 e. The Labute approximate surface area is 107 Å². The molecule has 0 aromatic heterocycles. The summed E-state index contributed by atoms with van der Waals surface area (Å²) in [5.41, 5.74) is -0.837. The molecule has 1 unspecified atom stereocenters. The molecule has 0 bridgehead atoms. The zero-order valence-corrected chi connectivity index (χ0v) is 10.2. The van der Waals surface area contributed by atoms with Crippen molar-refractivity contribution in [2.45, 2.75) is 13.1 Å². The topological polar surface area (TPSA) is 41.9 Å². The van der Waals surface area contributed by atoms with Gasteiger partial charge in [-0.3, -0.25) is 4.79 Å². The van der Waals surface area contributed by atoms with Crippen LogP contribution in [0.3, 0.4) is 0 Å². The van der Waals surface area contributed by atoms with Gasteiger partial charge in [0.05, 0.1) is 18.7 Å². The molecule has 1 aliphatic rings. The summed E-state index contributed by atoms with van der Waals surface area (Å²) in [6.07, 6.45) is -4.61. The van der Waals surface area contributed by atoms with Crippen LogP contribution >= 0.6 is 0 Å². The first-order valence-electron chi connectivity index (χ1n) is 5.48. The summed E-state index contributed by atoms with van der Waals surface area (Å²) in [6, 6.07) is 6.15. The van der Waals surface area contributed by atoms with E-state index < -0.39 is 23.7 Å². The average Bonchev–Trinajstić information content (AvgIpc) is 2.66. The molecule has 1 aliphatic heterocycles. The number of hydrogen-bond donors (Lipinski definition) is 0. The van der Waals surface area contributed by atoms with Crippen LogP contribution in [-0.2, 0) is 4.79 Å². The van der Waals surface area contributed by atoms with E-state index in [-0.39, 0.29) is 5.69 Å². The van der Waals surface area contributed by atoms with Gasteiger partial charge in [0.15, 0.2) is 5.71 Å². The third-order valence-electron chi connectivity index (χ3n) is 2.79. The zero-order valence-electron chi connectivity index (χ0n) is 10.2. The van der Waals surface area contributed by atoms with Crippen LogP contribution in [0.25, 0.3) is 0 Å². The summed E-state index contributed by atoms with van der Waals surface area (Å²) in [5, 5.41) is 4.15.